The van der Waals surface area contributed by atoms with Crippen LogP contribution in [0.5, 0.6) is 5.75 Å². The van der Waals surface area contributed by atoms with E-state index < -0.39 is 41.9 Å². The van der Waals surface area contributed by atoms with Crippen LogP contribution in [0.2, 0.25) is 0 Å². The van der Waals surface area contributed by atoms with Crippen molar-refractivity contribution in [3.63, 3.8) is 0 Å². The maximum atomic E-state index is 14.4. The van der Waals surface area contributed by atoms with Crippen molar-refractivity contribution in [1.82, 2.24) is 4.98 Å². The molecule has 1 N–H and O–H groups in total. The summed E-state index contributed by atoms with van der Waals surface area (Å²) in [6.45, 7) is -0.200. The molecule has 0 radical (unpaired) electrons. The summed E-state index contributed by atoms with van der Waals surface area (Å²) in [6.07, 6.45) is -1.92. The topological polar surface area (TPSA) is 79.7 Å². The predicted molar refractivity (Wildman–Crippen MR) is 93.8 cm³/mol. The number of benzene rings is 2. The van der Waals surface area contributed by atoms with Gasteiger partial charge in [0.15, 0.2) is 23.6 Å². The highest BCUT2D eigenvalue weighted by Gasteiger charge is 2.38. The highest BCUT2D eigenvalue weighted by atomic mass is 32.1. The summed E-state index contributed by atoms with van der Waals surface area (Å²) in [6, 6.07) is 5.88. The molecular weight excluding hydrogens is 397 g/mol. The summed E-state index contributed by atoms with van der Waals surface area (Å²) in [5.74, 6) is -4.75. The minimum absolute atomic E-state index is 0.0315. The first-order valence-corrected chi connectivity index (χ1v) is 8.88. The van der Waals surface area contributed by atoms with Gasteiger partial charge in [0.1, 0.15) is 16.4 Å². The highest BCUT2D eigenvalue weighted by molar-refractivity contribution is 7.18. The number of carboxylic acid groups (broad SMARTS) is 1. The average molecular weight is 408 g/mol. The summed E-state index contributed by atoms with van der Waals surface area (Å²) in [4.78, 5) is 29.0. The molecule has 1 aliphatic rings. The van der Waals surface area contributed by atoms with E-state index in [2.05, 4.69) is 4.98 Å². The Morgan fingerprint density at radius 1 is 1.21 bits per heavy atom. The fourth-order valence-corrected chi connectivity index (χ4v) is 3.92. The molecule has 0 aliphatic carbocycles. The molecule has 1 aliphatic heterocycles. The van der Waals surface area contributed by atoms with Gasteiger partial charge in [-0.2, -0.15) is 0 Å². The third-order valence-corrected chi connectivity index (χ3v) is 5.16. The van der Waals surface area contributed by atoms with E-state index in [0.717, 1.165) is 34.4 Å². The van der Waals surface area contributed by atoms with Gasteiger partial charge >= 0.3 is 5.97 Å². The Bertz CT molecular complexity index is 1080. The van der Waals surface area contributed by atoms with Crippen molar-refractivity contribution in [3.8, 4) is 5.75 Å². The number of anilines is 1. The zero-order valence-corrected chi connectivity index (χ0v) is 14.8. The first kappa shape index (κ1) is 18.2. The van der Waals surface area contributed by atoms with Gasteiger partial charge in [0.25, 0.3) is 5.91 Å². The number of hydrogen-bond donors (Lipinski definition) is 1. The van der Waals surface area contributed by atoms with Gasteiger partial charge in [-0.25, -0.2) is 18.2 Å². The van der Waals surface area contributed by atoms with Crippen LogP contribution in [0.25, 0.3) is 10.2 Å². The minimum atomic E-state index is -1.32. The van der Waals surface area contributed by atoms with Gasteiger partial charge in [0.05, 0.1) is 23.2 Å². The molecule has 1 atom stereocenters. The number of thiazole rings is 1. The lowest BCUT2D eigenvalue weighted by Crippen LogP contribution is -2.46. The molecule has 4 rings (SSSR count). The third-order valence-electron chi connectivity index (χ3n) is 4.16. The molecule has 3 aromatic rings. The number of carbonyl (C=O) groups is 2. The highest BCUT2D eigenvalue weighted by Crippen LogP contribution is 2.38. The number of fused-ring (bicyclic) bond motifs is 2. The summed E-state index contributed by atoms with van der Waals surface area (Å²) >= 11 is 1.02. The Morgan fingerprint density at radius 3 is 2.71 bits per heavy atom. The zero-order valence-electron chi connectivity index (χ0n) is 14.0. The maximum Gasteiger partial charge on any atom is 0.307 e. The van der Waals surface area contributed by atoms with E-state index in [9.17, 15) is 22.8 Å². The molecule has 28 heavy (non-hydrogen) atoms. The summed E-state index contributed by atoms with van der Waals surface area (Å²) < 4.78 is 46.9. The van der Waals surface area contributed by atoms with Crippen LogP contribution in [-0.2, 0) is 16.1 Å². The van der Waals surface area contributed by atoms with Gasteiger partial charge in [-0.3, -0.25) is 14.5 Å². The molecule has 0 saturated heterocycles. The van der Waals surface area contributed by atoms with Crippen LogP contribution in [0.15, 0.2) is 30.3 Å². The van der Waals surface area contributed by atoms with Crippen LogP contribution in [-0.4, -0.2) is 28.1 Å². The maximum absolute atomic E-state index is 14.4. The lowest BCUT2D eigenvalue weighted by molar-refractivity contribution is -0.142. The number of carbonyl (C=O) groups excluding carboxylic acids is 1. The van der Waals surface area contributed by atoms with Gasteiger partial charge in [-0.05, 0) is 18.2 Å². The molecule has 1 amide bonds. The molecular formula is C18H11F3N2O4S. The van der Waals surface area contributed by atoms with Gasteiger partial charge in [0, 0.05) is 6.07 Å². The number of nitrogens with zero attached hydrogens (tertiary/aromatic N) is 2. The molecule has 1 aromatic heterocycles. The molecule has 0 spiro atoms. The number of rotatable bonds is 4. The van der Waals surface area contributed by atoms with Gasteiger partial charge in [0.2, 0.25) is 0 Å². The van der Waals surface area contributed by atoms with Crippen LogP contribution in [0, 0.1) is 17.5 Å². The second-order valence-electron chi connectivity index (χ2n) is 6.06. The Morgan fingerprint density at radius 2 is 1.96 bits per heavy atom. The lowest BCUT2D eigenvalue weighted by atomic mass is 10.1. The molecule has 2 heterocycles. The van der Waals surface area contributed by atoms with Crippen LogP contribution < -0.4 is 9.64 Å². The Balaban J connectivity index is 1.74. The van der Waals surface area contributed by atoms with Gasteiger partial charge in [-0.15, -0.1) is 11.3 Å². The van der Waals surface area contributed by atoms with Crippen molar-refractivity contribution in [3.05, 3.63) is 52.8 Å². The van der Waals surface area contributed by atoms with Crippen molar-refractivity contribution < 1.29 is 32.6 Å². The van der Waals surface area contributed by atoms with Crippen LogP contribution >= 0.6 is 11.3 Å². The van der Waals surface area contributed by atoms with Crippen molar-refractivity contribution in [1.29, 1.82) is 0 Å². The monoisotopic (exact) mass is 408 g/mol. The number of hydrogen-bond acceptors (Lipinski definition) is 5. The van der Waals surface area contributed by atoms with E-state index in [1.165, 1.54) is 12.1 Å². The number of aliphatic carboxylic acids is 1. The number of carboxylic acids is 1. The number of ether oxygens (including phenoxy) is 1. The molecule has 6 nitrogen and oxygen atoms in total. The standard InChI is InChI=1S/C18H11F3N2O4S/c19-8-2-1-3-12-17(8)23(18(26)13(27-12)6-16(24)25)7-15-22-11-4-9(20)10(21)5-14(11)28-15/h1-5,13H,6-7H2,(H,24,25). The lowest BCUT2D eigenvalue weighted by Gasteiger charge is -2.33. The second kappa shape index (κ2) is 6.79. The molecule has 0 saturated carbocycles. The quantitative estimate of drug-likeness (QED) is 0.715. The Labute approximate surface area is 159 Å². The van der Waals surface area contributed by atoms with E-state index in [4.69, 9.17) is 9.84 Å². The number of para-hydroxylation sites is 1. The molecule has 0 bridgehead atoms. The predicted octanol–water partition coefficient (Wildman–Crippen LogP) is 3.48. The zero-order chi connectivity index (χ0) is 20.0. The molecule has 1 unspecified atom stereocenters. The smallest absolute Gasteiger partial charge is 0.307 e. The number of halogens is 3. The summed E-state index contributed by atoms with van der Waals surface area (Å²) in [7, 11) is 0. The molecule has 144 valence electrons. The SMILES string of the molecule is O=C(O)CC1Oc2cccc(F)c2N(Cc2nc3cc(F)c(F)cc3s2)C1=O. The fraction of sp³-hybridized carbons (Fsp3) is 0.167. The van der Waals surface area contributed by atoms with Crippen LogP contribution in [0.4, 0.5) is 18.9 Å². The first-order chi connectivity index (χ1) is 13.3. The first-order valence-electron chi connectivity index (χ1n) is 8.06. The van der Waals surface area contributed by atoms with Crippen molar-refractivity contribution in [2.45, 2.75) is 19.1 Å². The van der Waals surface area contributed by atoms with Crippen LogP contribution in [0.3, 0.4) is 0 Å². The van der Waals surface area contributed by atoms with E-state index in [1.807, 2.05) is 0 Å². The Kier molecular flexibility index (Phi) is 4.42. The second-order valence-corrected chi connectivity index (χ2v) is 7.17. The minimum Gasteiger partial charge on any atom is -0.481 e. The largest absolute Gasteiger partial charge is 0.481 e. The van der Waals surface area contributed by atoms with E-state index >= 15 is 0 Å². The average Bonchev–Trinajstić information content (AvgIpc) is 2.99. The van der Waals surface area contributed by atoms with Gasteiger partial charge in [-0.1, -0.05) is 6.07 Å². The van der Waals surface area contributed by atoms with Crippen molar-refractivity contribution >= 4 is 39.1 Å². The van der Waals surface area contributed by atoms with E-state index in [-0.39, 0.29) is 23.5 Å². The van der Waals surface area contributed by atoms with Crippen molar-refractivity contribution in [2.75, 3.05) is 4.90 Å². The normalized spacial score (nSPS) is 16.2. The Hall–Kier alpha value is -3.14. The van der Waals surface area contributed by atoms with E-state index in [1.54, 1.807) is 0 Å². The van der Waals surface area contributed by atoms with Crippen molar-refractivity contribution in [2.24, 2.45) is 0 Å². The van der Waals surface area contributed by atoms with Crippen LogP contribution in [0.1, 0.15) is 11.4 Å². The fourth-order valence-electron chi connectivity index (χ4n) is 2.96. The van der Waals surface area contributed by atoms with Gasteiger partial charge < -0.3 is 9.84 Å². The van der Waals surface area contributed by atoms with E-state index in [0.29, 0.717) is 9.71 Å². The number of aromatic nitrogens is 1. The number of amides is 1. The molecule has 2 aromatic carbocycles. The summed E-state index contributed by atoms with van der Waals surface area (Å²) in [5.41, 5.74) is 0.0706. The summed E-state index contributed by atoms with van der Waals surface area (Å²) in [5, 5.41) is 9.31. The third kappa shape index (κ3) is 3.15. The molecule has 0 fully saturated rings. The molecule has 10 heteroatoms.